The Labute approximate surface area is 101 Å². The number of carbonyl (C=O) groups excluding carboxylic acids is 1. The Bertz CT molecular complexity index is 355. The molecule has 0 unspecified atom stereocenters. The van der Waals surface area contributed by atoms with Gasteiger partial charge in [0.15, 0.2) is 0 Å². The predicted octanol–water partition coefficient (Wildman–Crippen LogP) is 3.87. The molecule has 1 aromatic rings. The number of hydrogen-bond donors (Lipinski definition) is 0. The molecule has 0 N–H and O–H groups in total. The van der Waals surface area contributed by atoms with Crippen LogP contribution in [0.1, 0.15) is 31.2 Å². The molecule has 2 rings (SSSR count). The molecule has 0 spiro atoms. The number of ether oxygens (including phenoxy) is 1. The third-order valence-electron chi connectivity index (χ3n) is 3.41. The molecule has 1 fully saturated rings. The van der Waals surface area contributed by atoms with Crippen LogP contribution in [-0.2, 0) is 10.2 Å². The molecule has 16 heavy (non-hydrogen) atoms. The van der Waals surface area contributed by atoms with E-state index in [1.165, 1.54) is 18.4 Å². The zero-order valence-electron chi connectivity index (χ0n) is 9.12. The fourth-order valence-corrected chi connectivity index (χ4v) is 2.61. The van der Waals surface area contributed by atoms with E-state index in [-0.39, 0.29) is 5.41 Å². The molecule has 86 valence electrons. The van der Waals surface area contributed by atoms with Crippen LogP contribution in [-0.4, -0.2) is 12.0 Å². The molecule has 1 aliphatic carbocycles. The van der Waals surface area contributed by atoms with E-state index in [4.69, 9.17) is 16.3 Å². The molecule has 1 aliphatic rings. The Morgan fingerprint density at radius 2 is 1.88 bits per heavy atom. The highest BCUT2D eigenvalue weighted by Gasteiger charge is 2.36. The van der Waals surface area contributed by atoms with Crippen LogP contribution in [0.4, 0.5) is 4.79 Å². The third-order valence-corrected chi connectivity index (χ3v) is 3.52. The van der Waals surface area contributed by atoms with E-state index in [0.29, 0.717) is 6.61 Å². The van der Waals surface area contributed by atoms with E-state index in [0.717, 1.165) is 12.8 Å². The maximum Gasteiger partial charge on any atom is 0.403 e. The van der Waals surface area contributed by atoms with E-state index in [1.54, 1.807) is 0 Å². The minimum Gasteiger partial charge on any atom is -0.453 e. The van der Waals surface area contributed by atoms with Gasteiger partial charge in [0.2, 0.25) is 0 Å². The maximum absolute atomic E-state index is 10.7. The minimum absolute atomic E-state index is 0.00812. The van der Waals surface area contributed by atoms with Crippen molar-refractivity contribution in [3.05, 3.63) is 35.9 Å². The van der Waals surface area contributed by atoms with Crippen LogP contribution in [0.5, 0.6) is 0 Å². The molecule has 0 bridgehead atoms. The van der Waals surface area contributed by atoms with Crippen molar-refractivity contribution in [2.45, 2.75) is 31.1 Å². The van der Waals surface area contributed by atoms with Gasteiger partial charge in [-0.05, 0) is 18.4 Å². The Morgan fingerprint density at radius 3 is 2.44 bits per heavy atom. The molecule has 2 nitrogen and oxygen atoms in total. The lowest BCUT2D eigenvalue weighted by atomic mass is 9.80. The first kappa shape index (κ1) is 11.5. The average molecular weight is 239 g/mol. The second-order valence-corrected chi connectivity index (χ2v) is 4.69. The number of benzene rings is 1. The van der Waals surface area contributed by atoms with Crippen LogP contribution in [0.15, 0.2) is 30.3 Å². The van der Waals surface area contributed by atoms with E-state index < -0.39 is 5.43 Å². The van der Waals surface area contributed by atoms with Gasteiger partial charge in [-0.2, -0.15) is 0 Å². The van der Waals surface area contributed by atoms with Gasteiger partial charge in [-0.3, -0.25) is 0 Å². The summed E-state index contributed by atoms with van der Waals surface area (Å²) in [5.41, 5.74) is 0.541. The molecular weight excluding hydrogens is 224 g/mol. The van der Waals surface area contributed by atoms with Crippen molar-refractivity contribution in [1.82, 2.24) is 0 Å². The smallest absolute Gasteiger partial charge is 0.403 e. The quantitative estimate of drug-likeness (QED) is 0.748. The molecule has 0 amide bonds. The van der Waals surface area contributed by atoms with Crippen LogP contribution in [0.2, 0.25) is 0 Å². The zero-order valence-corrected chi connectivity index (χ0v) is 9.87. The number of carbonyl (C=O) groups is 1. The van der Waals surface area contributed by atoms with Gasteiger partial charge in [-0.1, -0.05) is 43.2 Å². The number of halogens is 1. The molecule has 0 atom stereocenters. The maximum atomic E-state index is 10.7. The molecular formula is C13H15ClO2. The predicted molar refractivity (Wildman–Crippen MR) is 63.8 cm³/mol. The van der Waals surface area contributed by atoms with Crippen molar-refractivity contribution in [1.29, 1.82) is 0 Å². The van der Waals surface area contributed by atoms with Crippen LogP contribution in [0, 0.1) is 0 Å². The molecule has 0 heterocycles. The summed E-state index contributed by atoms with van der Waals surface area (Å²) in [5.74, 6) is 0. The van der Waals surface area contributed by atoms with Crippen molar-refractivity contribution < 1.29 is 9.53 Å². The highest BCUT2D eigenvalue weighted by molar-refractivity contribution is 6.61. The number of rotatable bonds is 3. The summed E-state index contributed by atoms with van der Waals surface area (Å²) < 4.78 is 5.01. The fourth-order valence-electron chi connectivity index (χ4n) is 2.55. The summed E-state index contributed by atoms with van der Waals surface area (Å²) in [4.78, 5) is 10.7. The van der Waals surface area contributed by atoms with Crippen LogP contribution >= 0.6 is 11.6 Å². The van der Waals surface area contributed by atoms with Crippen molar-refractivity contribution in [3.63, 3.8) is 0 Å². The zero-order chi connectivity index (χ0) is 11.4. The molecule has 0 aliphatic heterocycles. The van der Waals surface area contributed by atoms with E-state index in [2.05, 4.69) is 12.1 Å². The van der Waals surface area contributed by atoms with Crippen molar-refractivity contribution in [3.8, 4) is 0 Å². The number of hydrogen-bond acceptors (Lipinski definition) is 2. The van der Waals surface area contributed by atoms with Gasteiger partial charge in [0.1, 0.15) is 6.61 Å². The molecule has 0 radical (unpaired) electrons. The first-order valence-corrected chi connectivity index (χ1v) is 5.99. The Morgan fingerprint density at radius 1 is 1.25 bits per heavy atom. The molecule has 0 aromatic heterocycles. The lowest BCUT2D eigenvalue weighted by Gasteiger charge is -2.28. The van der Waals surface area contributed by atoms with E-state index in [9.17, 15) is 4.79 Å². The Hall–Kier alpha value is -1.02. The summed E-state index contributed by atoms with van der Waals surface area (Å²) in [6.45, 7) is 0.402. The molecule has 1 saturated carbocycles. The van der Waals surface area contributed by atoms with Gasteiger partial charge in [0.05, 0.1) is 0 Å². The van der Waals surface area contributed by atoms with Crippen LogP contribution < -0.4 is 0 Å². The lowest BCUT2D eigenvalue weighted by Crippen LogP contribution is -2.29. The monoisotopic (exact) mass is 238 g/mol. The van der Waals surface area contributed by atoms with Gasteiger partial charge in [-0.25, -0.2) is 4.79 Å². The molecule has 3 heteroatoms. The molecule has 0 saturated heterocycles. The summed E-state index contributed by atoms with van der Waals surface area (Å²) >= 11 is 5.24. The first-order valence-electron chi connectivity index (χ1n) is 5.61. The first-order chi connectivity index (χ1) is 7.73. The summed E-state index contributed by atoms with van der Waals surface area (Å²) in [7, 11) is 0. The van der Waals surface area contributed by atoms with Crippen LogP contribution in [0.25, 0.3) is 0 Å². The second-order valence-electron chi connectivity index (χ2n) is 4.38. The summed E-state index contributed by atoms with van der Waals surface area (Å²) in [6, 6.07) is 10.3. The Kier molecular flexibility index (Phi) is 3.49. The van der Waals surface area contributed by atoms with Crippen molar-refractivity contribution >= 4 is 17.0 Å². The van der Waals surface area contributed by atoms with Crippen LogP contribution in [0.3, 0.4) is 0 Å². The van der Waals surface area contributed by atoms with Gasteiger partial charge >= 0.3 is 5.43 Å². The van der Waals surface area contributed by atoms with Crippen molar-refractivity contribution in [2.75, 3.05) is 6.61 Å². The second kappa shape index (κ2) is 4.88. The highest BCUT2D eigenvalue weighted by atomic mass is 35.5. The Balaban J connectivity index is 2.19. The molecule has 1 aromatic carbocycles. The fraction of sp³-hybridized carbons (Fsp3) is 0.462. The minimum atomic E-state index is -0.706. The topological polar surface area (TPSA) is 26.3 Å². The average Bonchev–Trinajstić information content (AvgIpc) is 2.78. The van der Waals surface area contributed by atoms with Gasteiger partial charge in [-0.15, -0.1) is 0 Å². The van der Waals surface area contributed by atoms with E-state index >= 15 is 0 Å². The van der Waals surface area contributed by atoms with Crippen molar-refractivity contribution in [2.24, 2.45) is 0 Å². The van der Waals surface area contributed by atoms with Gasteiger partial charge in [0, 0.05) is 17.0 Å². The van der Waals surface area contributed by atoms with Gasteiger partial charge in [0.25, 0.3) is 0 Å². The van der Waals surface area contributed by atoms with E-state index in [1.807, 2.05) is 18.2 Å². The normalized spacial score (nSPS) is 18.3. The highest BCUT2D eigenvalue weighted by Crippen LogP contribution is 2.41. The standard InChI is InChI=1S/C13H15ClO2/c14-12(15)16-10-13(8-4-5-9-13)11-6-2-1-3-7-11/h1-3,6-7H,4-5,8-10H2. The summed E-state index contributed by atoms with van der Waals surface area (Å²) in [5, 5.41) is 0. The van der Waals surface area contributed by atoms with Gasteiger partial charge < -0.3 is 4.74 Å². The largest absolute Gasteiger partial charge is 0.453 e. The SMILES string of the molecule is O=C(Cl)OCC1(c2ccccc2)CCCC1. The lowest BCUT2D eigenvalue weighted by molar-refractivity contribution is 0.138. The third kappa shape index (κ3) is 2.38. The summed E-state index contributed by atoms with van der Waals surface area (Å²) in [6.07, 6.45) is 4.52.